The van der Waals surface area contributed by atoms with E-state index in [1.165, 1.54) is 0 Å². The van der Waals surface area contributed by atoms with E-state index in [0.29, 0.717) is 18.4 Å². The molecule has 106 valence electrons. The number of hydrogen-bond donors (Lipinski definition) is 2. The molecule has 0 aromatic heterocycles. The summed E-state index contributed by atoms with van der Waals surface area (Å²) < 4.78 is 5.36. The lowest BCUT2D eigenvalue weighted by atomic mass is 9.95. The van der Waals surface area contributed by atoms with Gasteiger partial charge >= 0.3 is 0 Å². The second-order valence-corrected chi connectivity index (χ2v) is 4.67. The molecule has 0 aliphatic heterocycles. The van der Waals surface area contributed by atoms with Crippen LogP contribution in [-0.2, 0) is 4.74 Å². The third-order valence-corrected chi connectivity index (χ3v) is 3.11. The van der Waals surface area contributed by atoms with Gasteiger partial charge in [0.2, 0.25) is 0 Å². The van der Waals surface area contributed by atoms with E-state index in [1.54, 1.807) is 24.3 Å². The molecule has 0 saturated heterocycles. The Morgan fingerprint density at radius 2 is 1.95 bits per heavy atom. The van der Waals surface area contributed by atoms with Crippen LogP contribution in [0.2, 0.25) is 0 Å². The summed E-state index contributed by atoms with van der Waals surface area (Å²) in [5.74, 6) is 0.762. The molecule has 4 nitrogen and oxygen atoms in total. The Kier molecular flexibility index (Phi) is 5.09. The summed E-state index contributed by atoms with van der Waals surface area (Å²) in [5.41, 5.74) is 1.44. The summed E-state index contributed by atoms with van der Waals surface area (Å²) >= 11 is 0. The van der Waals surface area contributed by atoms with E-state index in [1.807, 2.05) is 18.2 Å². The first-order valence-electron chi connectivity index (χ1n) is 6.62. The minimum absolute atomic E-state index is 0.0382. The minimum Gasteiger partial charge on any atom is -0.495 e. The molecular formula is C16H18O4. The highest BCUT2D eigenvalue weighted by Gasteiger charge is 2.16. The van der Waals surface area contributed by atoms with Crippen molar-refractivity contribution in [1.29, 1.82) is 0 Å². The van der Waals surface area contributed by atoms with Gasteiger partial charge in [0.1, 0.15) is 12.7 Å². The number of aliphatic hydroxyl groups is 2. The third kappa shape index (κ3) is 3.79. The molecule has 0 fully saturated rings. The second kappa shape index (κ2) is 7.03. The average Bonchev–Trinajstić information content (AvgIpc) is 2.53. The normalized spacial score (nSPS) is 16.1. The third-order valence-electron chi connectivity index (χ3n) is 3.11. The number of allylic oxidation sites excluding steroid dienone is 4. The highest BCUT2D eigenvalue weighted by molar-refractivity contribution is 6.08. The molecule has 0 spiro atoms. The molecule has 0 saturated carbocycles. The van der Waals surface area contributed by atoms with E-state index in [2.05, 4.69) is 0 Å². The molecule has 0 heterocycles. The van der Waals surface area contributed by atoms with Gasteiger partial charge in [-0.05, 0) is 12.5 Å². The van der Waals surface area contributed by atoms with Crippen molar-refractivity contribution in [1.82, 2.24) is 0 Å². The molecule has 1 unspecified atom stereocenters. The number of aliphatic hydroxyl groups excluding tert-OH is 2. The Hall–Kier alpha value is -1.91. The molecular weight excluding hydrogens is 256 g/mol. The zero-order chi connectivity index (χ0) is 14.4. The van der Waals surface area contributed by atoms with Gasteiger partial charge in [-0.25, -0.2) is 0 Å². The van der Waals surface area contributed by atoms with Crippen LogP contribution in [0.25, 0.3) is 0 Å². The van der Waals surface area contributed by atoms with Gasteiger partial charge in [-0.1, -0.05) is 36.4 Å². The van der Waals surface area contributed by atoms with E-state index in [-0.39, 0.29) is 19.0 Å². The van der Waals surface area contributed by atoms with E-state index < -0.39 is 6.10 Å². The Morgan fingerprint density at radius 3 is 2.55 bits per heavy atom. The maximum Gasteiger partial charge on any atom is 0.189 e. The molecule has 1 aromatic carbocycles. The Balaban J connectivity index is 1.97. The molecule has 4 heteroatoms. The largest absolute Gasteiger partial charge is 0.495 e. The van der Waals surface area contributed by atoms with E-state index >= 15 is 0 Å². The number of carbonyl (C=O) groups is 1. The first-order valence-corrected chi connectivity index (χ1v) is 6.62. The topological polar surface area (TPSA) is 66.8 Å². The van der Waals surface area contributed by atoms with Gasteiger partial charge in [-0.15, -0.1) is 0 Å². The molecule has 2 rings (SSSR count). The van der Waals surface area contributed by atoms with Gasteiger partial charge in [0.15, 0.2) is 5.78 Å². The highest BCUT2D eigenvalue weighted by atomic mass is 16.5. The van der Waals surface area contributed by atoms with Crippen LogP contribution in [0.4, 0.5) is 0 Å². The van der Waals surface area contributed by atoms with Crippen molar-refractivity contribution >= 4 is 5.78 Å². The summed E-state index contributed by atoms with van der Waals surface area (Å²) in [7, 11) is 0. The molecule has 1 aromatic rings. The zero-order valence-corrected chi connectivity index (χ0v) is 11.2. The molecule has 1 aliphatic carbocycles. The van der Waals surface area contributed by atoms with Gasteiger partial charge < -0.3 is 14.9 Å². The van der Waals surface area contributed by atoms with E-state index in [9.17, 15) is 9.90 Å². The minimum atomic E-state index is -0.868. The smallest absolute Gasteiger partial charge is 0.189 e. The monoisotopic (exact) mass is 274 g/mol. The maximum absolute atomic E-state index is 12.2. The van der Waals surface area contributed by atoms with Crippen LogP contribution in [0.3, 0.4) is 0 Å². The maximum atomic E-state index is 12.2. The Labute approximate surface area is 118 Å². The van der Waals surface area contributed by atoms with Crippen LogP contribution in [-0.4, -0.2) is 35.3 Å². The quantitative estimate of drug-likeness (QED) is 0.777. The Morgan fingerprint density at radius 1 is 1.20 bits per heavy atom. The van der Waals surface area contributed by atoms with Crippen LogP contribution in [0.1, 0.15) is 23.2 Å². The lowest BCUT2D eigenvalue weighted by Gasteiger charge is -2.16. The van der Waals surface area contributed by atoms with E-state index in [0.717, 1.165) is 11.3 Å². The predicted octanol–water partition coefficient (Wildman–Crippen LogP) is 1.84. The molecule has 2 N–H and O–H groups in total. The standard InChI is InChI=1S/C16H18O4/c17-10-14(18)11-20-15-8-6-13(7-9-15)16(19)12-4-2-1-3-5-12/h1-6,8,14,17-18H,7,9-11H2. The van der Waals surface area contributed by atoms with E-state index in [4.69, 9.17) is 9.84 Å². The lowest BCUT2D eigenvalue weighted by Crippen LogP contribution is -2.19. The van der Waals surface area contributed by atoms with Crippen molar-refractivity contribution in [3.05, 3.63) is 59.4 Å². The van der Waals surface area contributed by atoms with Crippen molar-refractivity contribution in [3.8, 4) is 0 Å². The van der Waals surface area contributed by atoms with Crippen LogP contribution in [0, 0.1) is 0 Å². The second-order valence-electron chi connectivity index (χ2n) is 4.67. The van der Waals surface area contributed by atoms with Crippen molar-refractivity contribution in [2.45, 2.75) is 18.9 Å². The number of ether oxygens (including phenoxy) is 1. The first kappa shape index (κ1) is 14.5. The van der Waals surface area contributed by atoms with Gasteiger partial charge in [0, 0.05) is 17.6 Å². The van der Waals surface area contributed by atoms with Crippen molar-refractivity contribution in [2.75, 3.05) is 13.2 Å². The summed E-state index contributed by atoms with van der Waals surface area (Å²) in [5, 5.41) is 17.9. The predicted molar refractivity (Wildman–Crippen MR) is 75.2 cm³/mol. The van der Waals surface area contributed by atoms with Gasteiger partial charge in [0.05, 0.1) is 12.4 Å². The number of hydrogen-bond acceptors (Lipinski definition) is 4. The number of carbonyl (C=O) groups excluding carboxylic acids is 1. The number of ketones is 1. The van der Waals surface area contributed by atoms with Crippen LogP contribution < -0.4 is 0 Å². The number of Topliss-reactive ketones (excluding diaryl/α,β-unsaturated/α-hetero) is 1. The van der Waals surface area contributed by atoms with Crippen molar-refractivity contribution < 1.29 is 19.7 Å². The molecule has 1 aliphatic rings. The fraction of sp³-hybridized carbons (Fsp3) is 0.312. The lowest BCUT2D eigenvalue weighted by molar-refractivity contribution is 0.0281. The average molecular weight is 274 g/mol. The summed E-state index contributed by atoms with van der Waals surface area (Å²) in [6.07, 6.45) is 3.90. The zero-order valence-electron chi connectivity index (χ0n) is 11.2. The summed E-state index contributed by atoms with van der Waals surface area (Å²) in [6.45, 7) is -0.251. The molecule has 0 amide bonds. The van der Waals surface area contributed by atoms with Crippen LogP contribution in [0.5, 0.6) is 0 Å². The highest BCUT2D eigenvalue weighted by Crippen LogP contribution is 2.22. The first-order chi connectivity index (χ1) is 9.70. The van der Waals surface area contributed by atoms with Crippen LogP contribution >= 0.6 is 0 Å². The van der Waals surface area contributed by atoms with Gasteiger partial charge in [0.25, 0.3) is 0 Å². The number of rotatable bonds is 6. The number of benzene rings is 1. The molecule has 20 heavy (non-hydrogen) atoms. The van der Waals surface area contributed by atoms with Gasteiger partial charge in [-0.2, -0.15) is 0 Å². The molecule has 0 bridgehead atoms. The fourth-order valence-corrected chi connectivity index (χ4v) is 1.96. The molecule has 1 atom stereocenters. The Bertz CT molecular complexity index is 517. The van der Waals surface area contributed by atoms with Crippen molar-refractivity contribution in [2.24, 2.45) is 0 Å². The SMILES string of the molecule is O=C(C1=CC=C(OCC(O)CO)CC1)c1ccccc1. The van der Waals surface area contributed by atoms with Crippen LogP contribution in [0.15, 0.2) is 53.8 Å². The molecule has 0 radical (unpaired) electrons. The van der Waals surface area contributed by atoms with Crippen molar-refractivity contribution in [3.63, 3.8) is 0 Å². The summed E-state index contributed by atoms with van der Waals surface area (Å²) in [6, 6.07) is 9.17. The fourth-order valence-electron chi connectivity index (χ4n) is 1.96. The summed E-state index contributed by atoms with van der Waals surface area (Å²) in [4.78, 5) is 12.2. The van der Waals surface area contributed by atoms with Gasteiger partial charge in [-0.3, -0.25) is 4.79 Å².